The smallest absolute Gasteiger partial charge is 0.102 e. The van der Waals surface area contributed by atoms with Crippen LogP contribution >= 0.6 is 0 Å². The molecular weight excluding hydrogens is 126 g/mol. The summed E-state index contributed by atoms with van der Waals surface area (Å²) in [6.45, 7) is 7.09. The second kappa shape index (κ2) is 5.69. The van der Waals surface area contributed by atoms with Gasteiger partial charge < -0.3 is 5.11 Å². The monoisotopic (exact) mass is 145 g/mol. The molecule has 2 nitrogen and oxygen atoms in total. The highest BCUT2D eigenvalue weighted by molar-refractivity contribution is 4.50. The zero-order valence-electron chi connectivity index (χ0n) is 7.22. The molecule has 0 aliphatic carbocycles. The summed E-state index contributed by atoms with van der Waals surface area (Å²) in [7, 11) is 0. The fraction of sp³-hybridized carbons (Fsp3) is 1.00. The predicted octanol–water partition coefficient (Wildman–Crippen LogP) is 1.35. The van der Waals surface area contributed by atoms with Gasteiger partial charge in [-0.05, 0) is 32.2 Å². The minimum absolute atomic E-state index is 0.354. The molecule has 1 atom stereocenters. The Morgan fingerprint density at radius 1 is 1.30 bits per heavy atom. The summed E-state index contributed by atoms with van der Waals surface area (Å²) < 4.78 is 0. The average Bonchev–Trinajstić information content (AvgIpc) is 1.79. The van der Waals surface area contributed by atoms with Crippen molar-refractivity contribution in [3.05, 3.63) is 0 Å². The predicted molar refractivity (Wildman–Crippen MR) is 43.8 cm³/mol. The van der Waals surface area contributed by atoms with Gasteiger partial charge in [-0.3, -0.25) is 5.32 Å². The van der Waals surface area contributed by atoms with Crippen molar-refractivity contribution >= 4 is 0 Å². The van der Waals surface area contributed by atoms with Crippen molar-refractivity contribution in [2.24, 2.45) is 5.92 Å². The van der Waals surface area contributed by atoms with Gasteiger partial charge in [-0.25, -0.2) is 0 Å². The second-order valence-electron chi connectivity index (χ2n) is 3.17. The minimum atomic E-state index is -0.354. The van der Waals surface area contributed by atoms with Gasteiger partial charge in [0.15, 0.2) is 0 Å². The van der Waals surface area contributed by atoms with Crippen LogP contribution in [0.4, 0.5) is 0 Å². The SMILES string of the molecule is CC(C)CCCNC(C)O. The van der Waals surface area contributed by atoms with E-state index >= 15 is 0 Å². The van der Waals surface area contributed by atoms with E-state index in [0.29, 0.717) is 0 Å². The third kappa shape index (κ3) is 7.92. The summed E-state index contributed by atoms with van der Waals surface area (Å²) in [6.07, 6.45) is 2.04. The van der Waals surface area contributed by atoms with Crippen molar-refractivity contribution in [1.82, 2.24) is 5.32 Å². The Kier molecular flexibility index (Phi) is 5.64. The third-order valence-corrected chi connectivity index (χ3v) is 1.40. The molecule has 0 amide bonds. The molecule has 1 unspecified atom stereocenters. The number of aliphatic hydroxyl groups excluding tert-OH is 1. The van der Waals surface area contributed by atoms with E-state index in [1.165, 1.54) is 6.42 Å². The molecule has 0 fully saturated rings. The van der Waals surface area contributed by atoms with Crippen molar-refractivity contribution in [2.75, 3.05) is 6.54 Å². The van der Waals surface area contributed by atoms with Crippen molar-refractivity contribution in [3.63, 3.8) is 0 Å². The summed E-state index contributed by atoms with van der Waals surface area (Å²) >= 11 is 0. The lowest BCUT2D eigenvalue weighted by molar-refractivity contribution is 0.156. The summed E-state index contributed by atoms with van der Waals surface area (Å²) in [4.78, 5) is 0. The quantitative estimate of drug-likeness (QED) is 0.452. The highest BCUT2D eigenvalue weighted by atomic mass is 16.3. The Morgan fingerprint density at radius 2 is 1.90 bits per heavy atom. The van der Waals surface area contributed by atoms with E-state index in [0.717, 1.165) is 18.9 Å². The summed E-state index contributed by atoms with van der Waals surface area (Å²) in [5, 5.41) is 11.8. The molecule has 0 saturated carbocycles. The fourth-order valence-electron chi connectivity index (χ4n) is 0.821. The van der Waals surface area contributed by atoms with E-state index in [9.17, 15) is 0 Å². The van der Waals surface area contributed by atoms with E-state index < -0.39 is 0 Å². The second-order valence-corrected chi connectivity index (χ2v) is 3.17. The molecule has 0 spiro atoms. The van der Waals surface area contributed by atoms with Crippen LogP contribution in [0.3, 0.4) is 0 Å². The Morgan fingerprint density at radius 3 is 2.30 bits per heavy atom. The first-order valence-corrected chi connectivity index (χ1v) is 4.04. The Hall–Kier alpha value is -0.0800. The Bertz CT molecular complexity index is 61.7. The molecule has 0 aliphatic heterocycles. The highest BCUT2D eigenvalue weighted by Crippen LogP contribution is 2.01. The number of hydrogen-bond acceptors (Lipinski definition) is 2. The fourth-order valence-corrected chi connectivity index (χ4v) is 0.821. The maximum Gasteiger partial charge on any atom is 0.102 e. The van der Waals surface area contributed by atoms with Gasteiger partial charge in [0.1, 0.15) is 6.23 Å². The Balaban J connectivity index is 2.91. The van der Waals surface area contributed by atoms with E-state index in [1.807, 2.05) is 0 Å². The summed E-state index contributed by atoms with van der Waals surface area (Å²) in [5.74, 6) is 0.774. The van der Waals surface area contributed by atoms with Gasteiger partial charge in [-0.15, -0.1) is 0 Å². The van der Waals surface area contributed by atoms with Crippen molar-refractivity contribution < 1.29 is 5.11 Å². The molecule has 0 aliphatic rings. The standard InChI is InChI=1S/C8H19NO/c1-7(2)5-4-6-9-8(3)10/h7-10H,4-6H2,1-3H3. The largest absolute Gasteiger partial charge is 0.379 e. The van der Waals surface area contributed by atoms with Crippen LogP contribution < -0.4 is 5.32 Å². The van der Waals surface area contributed by atoms with Crippen LogP contribution in [-0.2, 0) is 0 Å². The van der Waals surface area contributed by atoms with Crippen LogP contribution in [0.5, 0.6) is 0 Å². The summed E-state index contributed by atoms with van der Waals surface area (Å²) in [5.41, 5.74) is 0. The molecule has 0 aromatic carbocycles. The first kappa shape index (κ1) is 9.92. The lowest BCUT2D eigenvalue weighted by atomic mass is 10.1. The van der Waals surface area contributed by atoms with Gasteiger partial charge >= 0.3 is 0 Å². The first-order valence-electron chi connectivity index (χ1n) is 4.04. The first-order chi connectivity index (χ1) is 4.63. The van der Waals surface area contributed by atoms with Crippen LogP contribution in [0.15, 0.2) is 0 Å². The molecule has 0 heterocycles. The Labute approximate surface area is 63.6 Å². The lowest BCUT2D eigenvalue weighted by Gasteiger charge is -2.07. The molecule has 10 heavy (non-hydrogen) atoms. The van der Waals surface area contributed by atoms with Gasteiger partial charge in [-0.2, -0.15) is 0 Å². The molecule has 2 heteroatoms. The van der Waals surface area contributed by atoms with Gasteiger partial charge in [0.2, 0.25) is 0 Å². The van der Waals surface area contributed by atoms with Crippen LogP contribution in [-0.4, -0.2) is 17.9 Å². The minimum Gasteiger partial charge on any atom is -0.379 e. The molecule has 62 valence electrons. The van der Waals surface area contributed by atoms with Gasteiger partial charge in [0.05, 0.1) is 0 Å². The molecule has 2 N–H and O–H groups in total. The number of hydrogen-bond donors (Lipinski definition) is 2. The molecular formula is C8H19NO. The molecule has 0 aromatic rings. The molecule has 0 bridgehead atoms. The van der Waals surface area contributed by atoms with Crippen LogP contribution in [0, 0.1) is 5.92 Å². The lowest BCUT2D eigenvalue weighted by Crippen LogP contribution is -2.26. The van der Waals surface area contributed by atoms with Crippen molar-refractivity contribution in [1.29, 1.82) is 0 Å². The van der Waals surface area contributed by atoms with Gasteiger partial charge in [-0.1, -0.05) is 13.8 Å². The molecule has 0 aromatic heterocycles. The average molecular weight is 145 g/mol. The van der Waals surface area contributed by atoms with Gasteiger partial charge in [0.25, 0.3) is 0 Å². The number of aliphatic hydroxyl groups is 1. The molecule has 0 radical (unpaired) electrons. The zero-order chi connectivity index (χ0) is 7.98. The highest BCUT2D eigenvalue weighted by Gasteiger charge is 1.95. The topological polar surface area (TPSA) is 32.3 Å². The maximum atomic E-state index is 8.81. The maximum absolute atomic E-state index is 8.81. The molecule has 0 rings (SSSR count). The zero-order valence-corrected chi connectivity index (χ0v) is 7.22. The van der Waals surface area contributed by atoms with Crippen molar-refractivity contribution in [2.45, 2.75) is 39.8 Å². The van der Waals surface area contributed by atoms with Crippen LogP contribution in [0.2, 0.25) is 0 Å². The third-order valence-electron chi connectivity index (χ3n) is 1.40. The molecule has 0 saturated heterocycles. The number of nitrogens with one attached hydrogen (secondary N) is 1. The van der Waals surface area contributed by atoms with Gasteiger partial charge in [0, 0.05) is 0 Å². The van der Waals surface area contributed by atoms with E-state index in [2.05, 4.69) is 19.2 Å². The van der Waals surface area contributed by atoms with E-state index in [-0.39, 0.29) is 6.23 Å². The van der Waals surface area contributed by atoms with E-state index in [1.54, 1.807) is 6.92 Å². The number of rotatable bonds is 5. The van der Waals surface area contributed by atoms with E-state index in [4.69, 9.17) is 5.11 Å². The van der Waals surface area contributed by atoms with Crippen LogP contribution in [0.1, 0.15) is 33.6 Å². The summed E-state index contributed by atoms with van der Waals surface area (Å²) in [6, 6.07) is 0. The van der Waals surface area contributed by atoms with Crippen molar-refractivity contribution in [3.8, 4) is 0 Å². The normalized spacial score (nSPS) is 14.1. The van der Waals surface area contributed by atoms with Crippen LogP contribution in [0.25, 0.3) is 0 Å².